The summed E-state index contributed by atoms with van der Waals surface area (Å²) in [5, 5.41) is 0. The van der Waals surface area contributed by atoms with Crippen molar-refractivity contribution in [3.05, 3.63) is 26.7 Å². The molecule has 6 heteroatoms. The van der Waals surface area contributed by atoms with Crippen LogP contribution in [0.25, 0.3) is 11.2 Å². The van der Waals surface area contributed by atoms with Crippen LogP contribution in [-0.4, -0.2) is 19.5 Å². The molecule has 2 N–H and O–H groups in total. The second-order valence-electron chi connectivity index (χ2n) is 5.57. The lowest BCUT2D eigenvalue weighted by molar-refractivity contribution is 0.404. The van der Waals surface area contributed by atoms with Crippen LogP contribution in [0.1, 0.15) is 57.2 Å². The minimum Gasteiger partial charge on any atom is -0.336 e. The molecule has 1 aliphatic rings. The van der Waals surface area contributed by atoms with Gasteiger partial charge in [-0.3, -0.25) is 14.3 Å². The second kappa shape index (κ2) is 5.26. The molecule has 0 atom stereocenters. The van der Waals surface area contributed by atoms with Crippen LogP contribution >= 0.6 is 0 Å². The highest BCUT2D eigenvalue weighted by atomic mass is 16.2. The summed E-state index contributed by atoms with van der Waals surface area (Å²) in [6.07, 6.45) is 6.50. The largest absolute Gasteiger partial charge is 0.336 e. The molecule has 1 saturated carbocycles. The molecule has 0 radical (unpaired) electrons. The van der Waals surface area contributed by atoms with Gasteiger partial charge in [0.05, 0.1) is 0 Å². The van der Waals surface area contributed by atoms with Gasteiger partial charge in [-0.1, -0.05) is 26.2 Å². The first-order valence-electron chi connectivity index (χ1n) is 7.43. The van der Waals surface area contributed by atoms with E-state index in [-0.39, 0.29) is 11.2 Å². The molecule has 1 aliphatic carbocycles. The Kier molecular flexibility index (Phi) is 3.46. The van der Waals surface area contributed by atoms with Crippen molar-refractivity contribution in [2.75, 3.05) is 0 Å². The number of fused-ring (bicyclic) bond motifs is 1. The van der Waals surface area contributed by atoms with Crippen molar-refractivity contribution in [3.63, 3.8) is 0 Å². The molecule has 2 aromatic rings. The van der Waals surface area contributed by atoms with Gasteiger partial charge in [-0.15, -0.1) is 0 Å². The number of hydrogen-bond acceptors (Lipinski definition) is 3. The highest BCUT2D eigenvalue weighted by Gasteiger charge is 2.24. The van der Waals surface area contributed by atoms with E-state index < -0.39 is 0 Å². The van der Waals surface area contributed by atoms with Gasteiger partial charge < -0.3 is 4.98 Å². The third-order valence-electron chi connectivity index (χ3n) is 4.13. The fourth-order valence-electron chi connectivity index (χ4n) is 2.66. The number of nitrogens with zero attached hydrogens (tertiary/aromatic N) is 2. The van der Waals surface area contributed by atoms with E-state index in [4.69, 9.17) is 0 Å². The van der Waals surface area contributed by atoms with Crippen LogP contribution in [-0.2, 0) is 6.54 Å². The summed E-state index contributed by atoms with van der Waals surface area (Å²) in [7, 11) is 0. The number of aryl methyl sites for hydroxylation is 1. The van der Waals surface area contributed by atoms with E-state index in [0.29, 0.717) is 23.6 Å². The van der Waals surface area contributed by atoms with Crippen molar-refractivity contribution in [2.45, 2.75) is 57.9 Å². The topological polar surface area (TPSA) is 83.5 Å². The zero-order chi connectivity index (χ0) is 14.1. The molecule has 20 heavy (non-hydrogen) atoms. The molecule has 0 saturated heterocycles. The number of rotatable bonds is 5. The second-order valence-corrected chi connectivity index (χ2v) is 5.57. The van der Waals surface area contributed by atoms with Crippen molar-refractivity contribution in [2.24, 2.45) is 0 Å². The number of aromatic nitrogens is 4. The number of unbranched alkanes of at least 4 members (excludes halogenated alkanes) is 2. The van der Waals surface area contributed by atoms with E-state index in [9.17, 15) is 9.59 Å². The van der Waals surface area contributed by atoms with Crippen LogP contribution in [0, 0.1) is 0 Å². The van der Waals surface area contributed by atoms with Crippen molar-refractivity contribution in [1.29, 1.82) is 0 Å². The average Bonchev–Trinajstić information content (AvgIpc) is 2.76. The molecular formula is C14H20N4O2. The predicted octanol–water partition coefficient (Wildman–Crippen LogP) is 1.87. The van der Waals surface area contributed by atoms with Crippen LogP contribution in [0.4, 0.5) is 0 Å². The van der Waals surface area contributed by atoms with Gasteiger partial charge >= 0.3 is 5.69 Å². The lowest BCUT2D eigenvalue weighted by atomic mass is 9.85. The fraction of sp³-hybridized carbons (Fsp3) is 0.643. The summed E-state index contributed by atoms with van der Waals surface area (Å²) in [6.45, 7) is 2.73. The van der Waals surface area contributed by atoms with Gasteiger partial charge in [0.15, 0.2) is 5.65 Å². The molecule has 6 nitrogen and oxygen atoms in total. The quantitative estimate of drug-likeness (QED) is 0.818. The number of nitrogens with one attached hydrogen (secondary N) is 2. The first-order valence-corrected chi connectivity index (χ1v) is 7.43. The summed E-state index contributed by atoms with van der Waals surface area (Å²) >= 11 is 0. The molecular weight excluding hydrogens is 256 g/mol. The first-order chi connectivity index (χ1) is 9.70. The first kappa shape index (κ1) is 13.1. The summed E-state index contributed by atoms with van der Waals surface area (Å²) < 4.78 is 1.59. The molecule has 108 valence electrons. The lowest BCUT2D eigenvalue weighted by Gasteiger charge is -2.22. The summed E-state index contributed by atoms with van der Waals surface area (Å²) in [5.74, 6) is 1.27. The maximum atomic E-state index is 12.0. The fourth-order valence-corrected chi connectivity index (χ4v) is 2.66. The molecule has 2 heterocycles. The van der Waals surface area contributed by atoms with Crippen LogP contribution in [0.3, 0.4) is 0 Å². The van der Waals surface area contributed by atoms with Crippen LogP contribution in [0.5, 0.6) is 0 Å². The minimum absolute atomic E-state index is 0.356. The Hall–Kier alpha value is -1.85. The van der Waals surface area contributed by atoms with E-state index in [1.807, 2.05) is 0 Å². The summed E-state index contributed by atoms with van der Waals surface area (Å²) in [5.41, 5.74) is 0.222. The summed E-state index contributed by atoms with van der Waals surface area (Å²) in [4.78, 5) is 33.9. The lowest BCUT2D eigenvalue weighted by Crippen LogP contribution is -2.30. The third kappa shape index (κ3) is 2.19. The van der Waals surface area contributed by atoms with E-state index in [0.717, 1.165) is 37.9 Å². The van der Waals surface area contributed by atoms with E-state index >= 15 is 0 Å². The molecule has 3 rings (SSSR count). The molecule has 0 aromatic carbocycles. The Morgan fingerprint density at radius 3 is 2.70 bits per heavy atom. The van der Waals surface area contributed by atoms with E-state index in [2.05, 4.69) is 21.9 Å². The van der Waals surface area contributed by atoms with Crippen LogP contribution < -0.4 is 11.2 Å². The van der Waals surface area contributed by atoms with Gasteiger partial charge in [-0.05, 0) is 19.3 Å². The average molecular weight is 276 g/mol. The van der Waals surface area contributed by atoms with Crippen LogP contribution in [0.2, 0.25) is 0 Å². The van der Waals surface area contributed by atoms with Crippen molar-refractivity contribution < 1.29 is 0 Å². The number of imidazole rings is 1. The number of hydrogen-bond donors (Lipinski definition) is 2. The van der Waals surface area contributed by atoms with E-state index in [1.54, 1.807) is 4.57 Å². The Balaban J connectivity index is 2.05. The molecule has 0 bridgehead atoms. The molecule has 0 amide bonds. The zero-order valence-electron chi connectivity index (χ0n) is 11.7. The zero-order valence-corrected chi connectivity index (χ0v) is 11.7. The van der Waals surface area contributed by atoms with Crippen molar-refractivity contribution in [3.8, 4) is 0 Å². The predicted molar refractivity (Wildman–Crippen MR) is 77.1 cm³/mol. The summed E-state index contributed by atoms with van der Waals surface area (Å²) in [6, 6.07) is 0. The Morgan fingerprint density at radius 2 is 2.05 bits per heavy atom. The number of H-pyrrole nitrogens is 2. The molecule has 0 unspecified atom stereocenters. The highest BCUT2D eigenvalue weighted by Crippen LogP contribution is 2.34. The van der Waals surface area contributed by atoms with Gasteiger partial charge in [-0.25, -0.2) is 9.78 Å². The van der Waals surface area contributed by atoms with Crippen molar-refractivity contribution >= 4 is 11.2 Å². The van der Waals surface area contributed by atoms with Crippen molar-refractivity contribution in [1.82, 2.24) is 19.5 Å². The maximum Gasteiger partial charge on any atom is 0.330 e. The minimum atomic E-state index is -0.366. The van der Waals surface area contributed by atoms with Gasteiger partial charge in [-0.2, -0.15) is 0 Å². The monoisotopic (exact) mass is 276 g/mol. The third-order valence-corrected chi connectivity index (χ3v) is 4.13. The molecule has 0 spiro atoms. The molecule has 2 aromatic heterocycles. The van der Waals surface area contributed by atoms with Gasteiger partial charge in [0.25, 0.3) is 5.56 Å². The normalized spacial score (nSPS) is 15.7. The molecule has 0 aliphatic heterocycles. The smallest absolute Gasteiger partial charge is 0.330 e. The van der Waals surface area contributed by atoms with Crippen LogP contribution in [0.15, 0.2) is 9.59 Å². The highest BCUT2D eigenvalue weighted by molar-refractivity contribution is 5.69. The SMILES string of the molecule is CCCCCn1c(=O)[nH]c(=O)c2[nH]c(C3CCC3)nc21. The standard InChI is InChI=1S/C14H20N4O2/c1-2-3-4-8-18-12-10(13(19)17-14(18)20)15-11(16-12)9-6-5-7-9/h9H,2-8H2,1H3,(H,15,16)(H,17,19,20). The maximum absolute atomic E-state index is 12.0. The Morgan fingerprint density at radius 1 is 1.25 bits per heavy atom. The Bertz CT molecular complexity index is 721. The van der Waals surface area contributed by atoms with Gasteiger partial charge in [0.1, 0.15) is 11.3 Å². The van der Waals surface area contributed by atoms with E-state index in [1.165, 1.54) is 6.42 Å². The molecule has 1 fully saturated rings. The van der Waals surface area contributed by atoms with Gasteiger partial charge in [0, 0.05) is 12.5 Å². The number of aromatic amines is 2. The van der Waals surface area contributed by atoms with Gasteiger partial charge in [0.2, 0.25) is 0 Å². The Labute approximate surface area is 116 Å².